The Kier molecular flexibility index (Phi) is 4.40. The maximum absolute atomic E-state index is 12.6. The molecule has 3 aromatic rings. The Bertz CT molecular complexity index is 909. The van der Waals surface area contributed by atoms with Gasteiger partial charge < -0.3 is 14.4 Å². The first kappa shape index (κ1) is 16.3. The summed E-state index contributed by atoms with van der Waals surface area (Å²) in [5, 5.41) is 9.99. The van der Waals surface area contributed by atoms with E-state index in [1.54, 1.807) is 18.0 Å². The zero-order chi connectivity index (χ0) is 17.3. The Morgan fingerprint density at radius 3 is 2.54 bits per heavy atom. The quantitative estimate of drug-likeness (QED) is 0.759. The van der Waals surface area contributed by atoms with Crippen molar-refractivity contribution in [3.05, 3.63) is 57.5 Å². The van der Waals surface area contributed by atoms with Crippen molar-refractivity contribution in [3.8, 4) is 0 Å². The van der Waals surface area contributed by atoms with E-state index in [1.165, 1.54) is 6.07 Å². The number of hydrogen-bond acceptors (Lipinski definition) is 4. The smallest absolute Gasteiger partial charge is 0.345 e. The van der Waals surface area contributed by atoms with E-state index in [0.717, 1.165) is 40.1 Å². The van der Waals surface area contributed by atoms with Gasteiger partial charge in [-0.1, -0.05) is 25.1 Å². The van der Waals surface area contributed by atoms with Gasteiger partial charge in [0.2, 0.25) is 0 Å². The average Bonchev–Trinajstić information content (AvgIpc) is 3.19. The molecular weight excluding hydrogens is 326 g/mol. The van der Waals surface area contributed by atoms with Gasteiger partial charge in [-0.3, -0.25) is 4.79 Å². The van der Waals surface area contributed by atoms with Crippen molar-refractivity contribution in [2.45, 2.75) is 19.9 Å². The minimum absolute atomic E-state index is 0.162. The minimum Gasteiger partial charge on any atom is -0.477 e. The molecule has 0 spiro atoms. The molecule has 5 nitrogen and oxygen atoms in total. The number of furan rings is 1. The van der Waals surface area contributed by atoms with Crippen molar-refractivity contribution in [3.63, 3.8) is 0 Å². The first-order valence-electron chi connectivity index (χ1n) is 7.59. The van der Waals surface area contributed by atoms with Crippen LogP contribution in [-0.2, 0) is 13.0 Å². The Labute approximate surface area is 143 Å². The van der Waals surface area contributed by atoms with Crippen LogP contribution >= 0.6 is 11.3 Å². The second kappa shape index (κ2) is 6.49. The van der Waals surface area contributed by atoms with Crippen molar-refractivity contribution in [1.82, 2.24) is 4.90 Å². The number of carboxylic acid groups (broad SMARTS) is 1. The zero-order valence-corrected chi connectivity index (χ0v) is 14.2. The van der Waals surface area contributed by atoms with Crippen LogP contribution in [0.1, 0.15) is 37.6 Å². The van der Waals surface area contributed by atoms with Crippen LogP contribution in [0.25, 0.3) is 11.0 Å². The molecule has 0 aliphatic carbocycles. The number of amides is 1. The topological polar surface area (TPSA) is 70.8 Å². The summed E-state index contributed by atoms with van der Waals surface area (Å²) in [6.07, 6.45) is 0.744. The van der Waals surface area contributed by atoms with Crippen LogP contribution in [0.2, 0.25) is 0 Å². The molecule has 0 saturated heterocycles. The number of nitrogens with zero attached hydrogens (tertiary/aromatic N) is 1. The van der Waals surface area contributed by atoms with Gasteiger partial charge in [0.15, 0.2) is 0 Å². The molecule has 6 heteroatoms. The Hall–Kier alpha value is -2.60. The lowest BCUT2D eigenvalue weighted by Crippen LogP contribution is -2.25. The summed E-state index contributed by atoms with van der Waals surface area (Å²) < 4.78 is 5.86. The van der Waals surface area contributed by atoms with E-state index in [-0.39, 0.29) is 10.8 Å². The fraction of sp³-hybridized carbons (Fsp3) is 0.222. The lowest BCUT2D eigenvalue weighted by molar-refractivity contribution is 0.0701. The largest absolute Gasteiger partial charge is 0.477 e. The molecule has 0 saturated carbocycles. The summed E-state index contributed by atoms with van der Waals surface area (Å²) in [6.45, 7) is 2.43. The molecule has 0 radical (unpaired) electrons. The molecule has 0 fully saturated rings. The lowest BCUT2D eigenvalue weighted by Gasteiger charge is -2.16. The molecule has 2 heterocycles. The normalized spacial score (nSPS) is 10.9. The van der Waals surface area contributed by atoms with E-state index in [2.05, 4.69) is 0 Å². The summed E-state index contributed by atoms with van der Waals surface area (Å²) >= 11 is 0.989. The Morgan fingerprint density at radius 2 is 1.88 bits per heavy atom. The van der Waals surface area contributed by atoms with Crippen molar-refractivity contribution in [1.29, 1.82) is 0 Å². The van der Waals surface area contributed by atoms with Gasteiger partial charge >= 0.3 is 5.97 Å². The first-order valence-corrected chi connectivity index (χ1v) is 8.40. The van der Waals surface area contributed by atoms with Crippen molar-refractivity contribution in [2.75, 3.05) is 7.05 Å². The lowest BCUT2D eigenvalue weighted by atomic mass is 10.1. The number of hydrogen-bond donors (Lipinski definition) is 1. The van der Waals surface area contributed by atoms with Crippen molar-refractivity contribution in [2.24, 2.45) is 0 Å². The predicted molar refractivity (Wildman–Crippen MR) is 92.7 cm³/mol. The van der Waals surface area contributed by atoms with E-state index in [4.69, 9.17) is 9.52 Å². The maximum atomic E-state index is 12.6. The van der Waals surface area contributed by atoms with E-state index in [9.17, 15) is 9.59 Å². The number of aromatic carboxylic acids is 1. The molecule has 3 rings (SSSR count). The minimum atomic E-state index is -1.02. The molecule has 0 aliphatic rings. The number of carbonyl (C=O) groups excluding carboxylic acids is 1. The van der Waals surface area contributed by atoms with Crippen LogP contribution in [0.4, 0.5) is 0 Å². The maximum Gasteiger partial charge on any atom is 0.345 e. The predicted octanol–water partition coefficient (Wildman–Crippen LogP) is 4.03. The average molecular weight is 343 g/mol. The highest BCUT2D eigenvalue weighted by Gasteiger charge is 2.20. The summed E-state index contributed by atoms with van der Waals surface area (Å²) in [5.74, 6) is -0.344. The highest BCUT2D eigenvalue weighted by atomic mass is 32.1. The van der Waals surface area contributed by atoms with E-state index in [1.807, 2.05) is 31.2 Å². The van der Waals surface area contributed by atoms with Gasteiger partial charge in [-0.25, -0.2) is 4.79 Å². The standard InChI is InChI=1S/C18H17NO4S/c1-3-13-12(11-6-4-5-7-14(11)23-13)10-19(2)17(20)15-8-9-16(24-15)18(21)22/h4-9H,3,10H2,1-2H3,(H,21,22). The summed E-state index contributed by atoms with van der Waals surface area (Å²) in [5.41, 5.74) is 1.81. The Morgan fingerprint density at radius 1 is 1.17 bits per heavy atom. The van der Waals surface area contributed by atoms with E-state index < -0.39 is 5.97 Å². The fourth-order valence-corrected chi connectivity index (χ4v) is 3.51. The molecule has 0 unspecified atom stereocenters. The second-order valence-electron chi connectivity index (χ2n) is 5.48. The summed E-state index contributed by atoms with van der Waals surface area (Å²) in [4.78, 5) is 25.7. The third-order valence-corrected chi connectivity index (χ3v) is 4.93. The first-order chi connectivity index (χ1) is 11.5. The van der Waals surface area contributed by atoms with Crippen LogP contribution in [0.3, 0.4) is 0 Å². The number of benzene rings is 1. The van der Waals surface area contributed by atoms with Crippen LogP contribution in [0, 0.1) is 0 Å². The summed E-state index contributed by atoms with van der Waals surface area (Å²) in [7, 11) is 1.71. The van der Waals surface area contributed by atoms with E-state index >= 15 is 0 Å². The number of rotatable bonds is 5. The van der Waals surface area contributed by atoms with Crippen LogP contribution in [0.5, 0.6) is 0 Å². The zero-order valence-electron chi connectivity index (χ0n) is 13.4. The van der Waals surface area contributed by atoms with E-state index in [0.29, 0.717) is 11.4 Å². The second-order valence-corrected chi connectivity index (χ2v) is 6.57. The number of thiophene rings is 1. The number of aryl methyl sites for hydroxylation is 1. The molecule has 1 amide bonds. The van der Waals surface area contributed by atoms with Gasteiger partial charge in [0, 0.05) is 31.0 Å². The number of fused-ring (bicyclic) bond motifs is 1. The molecule has 0 aliphatic heterocycles. The molecule has 0 bridgehead atoms. The molecule has 124 valence electrons. The molecule has 2 aromatic heterocycles. The van der Waals surface area contributed by atoms with Gasteiger partial charge in [0.05, 0.1) is 4.88 Å². The third kappa shape index (κ3) is 2.92. The molecule has 1 aromatic carbocycles. The number of carbonyl (C=O) groups is 2. The van der Waals surface area contributed by atoms with Gasteiger partial charge in [-0.2, -0.15) is 0 Å². The van der Waals surface area contributed by atoms with Crippen molar-refractivity contribution < 1.29 is 19.1 Å². The molecule has 0 atom stereocenters. The van der Waals surface area contributed by atoms with Gasteiger partial charge in [0.1, 0.15) is 16.2 Å². The van der Waals surface area contributed by atoms with Gasteiger partial charge in [-0.05, 0) is 18.2 Å². The molecular formula is C18H17NO4S. The SMILES string of the molecule is CCc1oc2ccccc2c1CN(C)C(=O)c1ccc(C(=O)O)s1. The highest BCUT2D eigenvalue weighted by molar-refractivity contribution is 7.15. The molecule has 1 N–H and O–H groups in total. The van der Waals surface area contributed by atoms with Crippen LogP contribution in [0.15, 0.2) is 40.8 Å². The fourth-order valence-electron chi connectivity index (χ4n) is 2.67. The van der Waals surface area contributed by atoms with Crippen molar-refractivity contribution >= 4 is 34.2 Å². The highest BCUT2D eigenvalue weighted by Crippen LogP contribution is 2.28. The number of para-hydroxylation sites is 1. The van der Waals surface area contributed by atoms with Crippen LogP contribution in [-0.4, -0.2) is 28.9 Å². The monoisotopic (exact) mass is 343 g/mol. The van der Waals surface area contributed by atoms with Gasteiger partial charge in [-0.15, -0.1) is 11.3 Å². The van der Waals surface area contributed by atoms with Crippen LogP contribution < -0.4 is 0 Å². The molecule has 24 heavy (non-hydrogen) atoms. The number of carboxylic acids is 1. The van der Waals surface area contributed by atoms with Gasteiger partial charge in [0.25, 0.3) is 5.91 Å². The Balaban J connectivity index is 1.87. The summed E-state index contributed by atoms with van der Waals surface area (Å²) in [6, 6.07) is 10.8. The third-order valence-electron chi connectivity index (χ3n) is 3.87.